The molecule has 0 N–H and O–H groups in total. The Bertz CT molecular complexity index is 563. The SMILES string of the molecule is CC1=c2ccccc2=NC(CN2CCCCC2)N1[O-]. The number of hydrogen-bond donors (Lipinski definition) is 0. The van der Waals surface area contributed by atoms with E-state index in [1.54, 1.807) is 0 Å². The van der Waals surface area contributed by atoms with Crippen molar-refractivity contribution in [3.8, 4) is 0 Å². The van der Waals surface area contributed by atoms with E-state index in [0.29, 0.717) is 0 Å². The van der Waals surface area contributed by atoms with Gasteiger partial charge in [0.25, 0.3) is 0 Å². The molecule has 0 bridgehead atoms. The van der Waals surface area contributed by atoms with Crippen molar-refractivity contribution in [2.75, 3.05) is 19.6 Å². The lowest BCUT2D eigenvalue weighted by molar-refractivity contribution is 0.181. The van der Waals surface area contributed by atoms with Gasteiger partial charge in [-0.15, -0.1) is 0 Å². The third-order valence-electron chi connectivity index (χ3n) is 4.05. The maximum absolute atomic E-state index is 12.3. The average molecular weight is 258 g/mol. The van der Waals surface area contributed by atoms with Crippen LogP contribution < -0.4 is 10.6 Å². The predicted octanol–water partition coefficient (Wildman–Crippen LogP) is 1.06. The molecule has 1 atom stereocenters. The van der Waals surface area contributed by atoms with Crippen LogP contribution in [-0.2, 0) is 0 Å². The third-order valence-corrected chi connectivity index (χ3v) is 4.05. The molecule has 0 saturated carbocycles. The van der Waals surface area contributed by atoms with Crippen molar-refractivity contribution < 1.29 is 0 Å². The largest absolute Gasteiger partial charge is 0.757 e. The van der Waals surface area contributed by atoms with Gasteiger partial charge in [-0.3, -0.25) is 9.89 Å². The van der Waals surface area contributed by atoms with Gasteiger partial charge in [-0.05, 0) is 38.9 Å². The summed E-state index contributed by atoms with van der Waals surface area (Å²) in [4.78, 5) is 6.99. The predicted molar refractivity (Wildman–Crippen MR) is 75.6 cm³/mol. The molecule has 0 aromatic heterocycles. The van der Waals surface area contributed by atoms with Crippen LogP contribution in [0.1, 0.15) is 26.2 Å². The fraction of sp³-hybridized carbons (Fsp3) is 0.533. The Morgan fingerprint density at radius 1 is 1.21 bits per heavy atom. The highest BCUT2D eigenvalue weighted by Gasteiger charge is 2.19. The van der Waals surface area contributed by atoms with Crippen molar-refractivity contribution in [2.24, 2.45) is 4.99 Å². The second kappa shape index (κ2) is 5.31. The Labute approximate surface area is 113 Å². The molecule has 4 heteroatoms. The van der Waals surface area contributed by atoms with Gasteiger partial charge in [0.1, 0.15) is 6.17 Å². The normalized spacial score (nSPS) is 24.0. The Kier molecular flexibility index (Phi) is 3.53. The fourth-order valence-electron chi connectivity index (χ4n) is 2.94. The lowest BCUT2D eigenvalue weighted by atomic mass is 10.1. The minimum atomic E-state index is -0.284. The number of benzene rings is 1. The minimum Gasteiger partial charge on any atom is -0.757 e. The van der Waals surface area contributed by atoms with Gasteiger partial charge in [0.2, 0.25) is 0 Å². The number of nitrogens with zero attached hydrogens (tertiary/aromatic N) is 3. The number of piperidine rings is 1. The molecule has 1 fully saturated rings. The van der Waals surface area contributed by atoms with E-state index in [4.69, 9.17) is 0 Å². The van der Waals surface area contributed by atoms with Crippen LogP contribution in [0.2, 0.25) is 0 Å². The van der Waals surface area contributed by atoms with Gasteiger partial charge >= 0.3 is 0 Å². The van der Waals surface area contributed by atoms with Crippen LogP contribution in [0.4, 0.5) is 0 Å². The molecule has 0 spiro atoms. The Hall–Kier alpha value is -1.39. The number of para-hydroxylation sites is 1. The van der Waals surface area contributed by atoms with Crippen LogP contribution in [-0.4, -0.2) is 35.8 Å². The van der Waals surface area contributed by atoms with E-state index in [-0.39, 0.29) is 6.17 Å². The fourth-order valence-corrected chi connectivity index (χ4v) is 2.94. The molecule has 1 aromatic rings. The zero-order valence-corrected chi connectivity index (χ0v) is 11.4. The van der Waals surface area contributed by atoms with Gasteiger partial charge in [0.05, 0.1) is 5.36 Å². The standard InChI is InChI=1S/C15H20N3O/c1-12-13-7-3-4-8-14(13)16-15(18(12)19)11-17-9-5-2-6-10-17/h3-4,7-8,15H,2,5-6,9-11H2,1H3/q-1. The summed E-state index contributed by atoms with van der Waals surface area (Å²) >= 11 is 0. The zero-order chi connectivity index (χ0) is 13.2. The summed E-state index contributed by atoms with van der Waals surface area (Å²) in [6.45, 7) is 4.83. The van der Waals surface area contributed by atoms with E-state index in [1.165, 1.54) is 19.3 Å². The summed E-state index contributed by atoms with van der Waals surface area (Å²) in [6, 6.07) is 7.90. The molecule has 0 aliphatic carbocycles. The van der Waals surface area contributed by atoms with Gasteiger partial charge in [-0.25, -0.2) is 0 Å². The van der Waals surface area contributed by atoms with E-state index in [2.05, 4.69) is 9.89 Å². The molecule has 0 amide bonds. The van der Waals surface area contributed by atoms with Crippen LogP contribution in [0, 0.1) is 5.21 Å². The maximum Gasteiger partial charge on any atom is 0.124 e. The van der Waals surface area contributed by atoms with E-state index < -0.39 is 0 Å². The Morgan fingerprint density at radius 2 is 1.95 bits per heavy atom. The number of hydrogen-bond acceptors (Lipinski definition) is 4. The Balaban J connectivity index is 1.86. The quantitative estimate of drug-likeness (QED) is 0.796. The van der Waals surface area contributed by atoms with Crippen LogP contribution in [0.3, 0.4) is 0 Å². The topological polar surface area (TPSA) is 41.9 Å². The van der Waals surface area contributed by atoms with Gasteiger partial charge < -0.3 is 10.3 Å². The van der Waals surface area contributed by atoms with Crippen molar-refractivity contribution >= 4 is 5.70 Å². The average Bonchev–Trinajstić information content (AvgIpc) is 2.46. The van der Waals surface area contributed by atoms with Gasteiger partial charge in [0, 0.05) is 17.5 Å². The molecular formula is C15H20N3O-. The second-order valence-corrected chi connectivity index (χ2v) is 5.40. The van der Waals surface area contributed by atoms with E-state index in [9.17, 15) is 5.21 Å². The first kappa shape index (κ1) is 12.6. The summed E-state index contributed by atoms with van der Waals surface area (Å²) in [5.41, 5.74) is 0.785. The van der Waals surface area contributed by atoms with Crippen molar-refractivity contribution in [3.63, 3.8) is 0 Å². The first-order valence-electron chi connectivity index (χ1n) is 7.08. The zero-order valence-electron chi connectivity index (χ0n) is 11.4. The molecule has 2 aliphatic heterocycles. The highest BCUT2D eigenvalue weighted by molar-refractivity contribution is 5.42. The smallest absolute Gasteiger partial charge is 0.124 e. The van der Waals surface area contributed by atoms with Crippen molar-refractivity contribution in [2.45, 2.75) is 32.4 Å². The molecule has 1 unspecified atom stereocenters. The van der Waals surface area contributed by atoms with E-state index in [0.717, 1.165) is 41.0 Å². The molecule has 102 valence electrons. The van der Waals surface area contributed by atoms with Crippen LogP contribution in [0.5, 0.6) is 0 Å². The third kappa shape index (κ3) is 2.51. The van der Waals surface area contributed by atoms with Crippen molar-refractivity contribution in [3.05, 3.63) is 40.0 Å². The summed E-state index contributed by atoms with van der Waals surface area (Å²) in [5.74, 6) is 0. The first-order valence-corrected chi connectivity index (χ1v) is 7.08. The highest BCUT2D eigenvalue weighted by atomic mass is 16.5. The summed E-state index contributed by atoms with van der Waals surface area (Å²) in [7, 11) is 0. The summed E-state index contributed by atoms with van der Waals surface area (Å²) in [5, 5.41) is 15.3. The second-order valence-electron chi connectivity index (χ2n) is 5.40. The van der Waals surface area contributed by atoms with Crippen LogP contribution in [0.25, 0.3) is 5.70 Å². The van der Waals surface area contributed by atoms with Crippen molar-refractivity contribution in [1.29, 1.82) is 0 Å². The van der Waals surface area contributed by atoms with E-state index in [1.807, 2.05) is 31.2 Å². The number of fused-ring (bicyclic) bond motifs is 1. The summed E-state index contributed by atoms with van der Waals surface area (Å²) in [6.07, 6.45) is 3.51. The summed E-state index contributed by atoms with van der Waals surface area (Å²) < 4.78 is 0. The molecule has 1 saturated heterocycles. The lowest BCUT2D eigenvalue weighted by Gasteiger charge is -2.42. The van der Waals surface area contributed by atoms with Gasteiger partial charge in [-0.1, -0.05) is 24.6 Å². The molecular weight excluding hydrogens is 238 g/mol. The highest BCUT2D eigenvalue weighted by Crippen LogP contribution is 2.15. The van der Waals surface area contributed by atoms with Gasteiger partial charge in [-0.2, -0.15) is 0 Å². The molecule has 19 heavy (non-hydrogen) atoms. The number of likely N-dealkylation sites (tertiary alicyclic amines) is 1. The van der Waals surface area contributed by atoms with Crippen LogP contribution in [0.15, 0.2) is 29.3 Å². The molecule has 2 aliphatic rings. The molecule has 1 aromatic carbocycles. The van der Waals surface area contributed by atoms with Gasteiger partial charge in [0.15, 0.2) is 0 Å². The number of rotatable bonds is 2. The molecule has 3 rings (SSSR count). The molecule has 4 nitrogen and oxygen atoms in total. The first-order chi connectivity index (χ1) is 9.25. The molecule has 2 heterocycles. The number of hydroxylamine groups is 2. The monoisotopic (exact) mass is 258 g/mol. The van der Waals surface area contributed by atoms with Crippen molar-refractivity contribution in [1.82, 2.24) is 9.96 Å². The lowest BCUT2D eigenvalue weighted by Crippen LogP contribution is -2.48. The molecule has 0 radical (unpaired) electrons. The van der Waals surface area contributed by atoms with E-state index >= 15 is 0 Å². The Morgan fingerprint density at radius 3 is 2.74 bits per heavy atom. The maximum atomic E-state index is 12.3. The minimum absolute atomic E-state index is 0.284. The van der Waals surface area contributed by atoms with Crippen LogP contribution >= 0.6 is 0 Å².